The Balaban J connectivity index is 2.01. The molecular weight excluding hydrogens is 350 g/mol. The smallest absolute Gasteiger partial charge is 0.387 e. The van der Waals surface area contributed by atoms with Crippen LogP contribution in [0.5, 0.6) is 5.75 Å². The third-order valence-corrected chi connectivity index (χ3v) is 3.84. The minimum atomic E-state index is -2.96. The van der Waals surface area contributed by atoms with Gasteiger partial charge >= 0.3 is 6.61 Å². The number of hydrogen-bond donors (Lipinski definition) is 2. The maximum Gasteiger partial charge on any atom is 0.387 e. The molecule has 0 aliphatic rings. The molecule has 25 heavy (non-hydrogen) atoms. The second-order valence-electron chi connectivity index (χ2n) is 5.53. The van der Waals surface area contributed by atoms with E-state index in [1.165, 1.54) is 12.1 Å². The van der Waals surface area contributed by atoms with Gasteiger partial charge in [-0.15, -0.1) is 0 Å². The molecule has 0 bridgehead atoms. The van der Waals surface area contributed by atoms with Crippen LogP contribution in [0.3, 0.4) is 0 Å². The number of rotatable bonds is 7. The van der Waals surface area contributed by atoms with Gasteiger partial charge in [0.05, 0.1) is 11.7 Å². The van der Waals surface area contributed by atoms with E-state index >= 15 is 0 Å². The third-order valence-electron chi connectivity index (χ3n) is 3.60. The number of nitrogens with one attached hydrogen (secondary N) is 2. The van der Waals surface area contributed by atoms with Crippen LogP contribution in [0, 0.1) is 0 Å². The van der Waals surface area contributed by atoms with Gasteiger partial charge in [0.1, 0.15) is 5.75 Å². The Kier molecular flexibility index (Phi) is 6.73. The number of halogens is 3. The van der Waals surface area contributed by atoms with Crippen molar-refractivity contribution in [1.82, 2.24) is 5.32 Å². The number of anilines is 1. The van der Waals surface area contributed by atoms with Crippen LogP contribution in [-0.4, -0.2) is 18.6 Å². The van der Waals surface area contributed by atoms with Crippen molar-refractivity contribution < 1.29 is 18.3 Å². The first kappa shape index (κ1) is 19.1. The maximum atomic E-state index is 12.4. The fourth-order valence-corrected chi connectivity index (χ4v) is 2.53. The summed E-state index contributed by atoms with van der Waals surface area (Å²) in [6.45, 7) is 0.632. The molecule has 2 rings (SSSR count). The Labute approximate surface area is 150 Å². The van der Waals surface area contributed by atoms with E-state index in [1.54, 1.807) is 25.1 Å². The summed E-state index contributed by atoms with van der Waals surface area (Å²) in [4.78, 5) is 12.3. The standard InChI is InChI=1S/C18H19ClF2N2O2/c1-11(13-6-5-7-14(19)10-13)22-12(2)17(24)23-15-8-3-4-9-16(15)25-18(20)21/h3-12,18,22H,1-2H3,(H,23,24). The fourth-order valence-electron chi connectivity index (χ4n) is 2.33. The minimum absolute atomic E-state index is 0.0825. The number of para-hydroxylation sites is 2. The van der Waals surface area contributed by atoms with Gasteiger partial charge in [0.2, 0.25) is 5.91 Å². The predicted molar refractivity (Wildman–Crippen MR) is 94.2 cm³/mol. The second-order valence-corrected chi connectivity index (χ2v) is 5.97. The molecule has 0 aliphatic heterocycles. The number of carbonyl (C=O) groups excluding carboxylic acids is 1. The van der Waals surface area contributed by atoms with Crippen molar-refractivity contribution >= 4 is 23.2 Å². The average molecular weight is 369 g/mol. The summed E-state index contributed by atoms with van der Waals surface area (Å²) in [5, 5.41) is 6.35. The number of carbonyl (C=O) groups is 1. The molecule has 0 aromatic heterocycles. The molecule has 1 amide bonds. The van der Waals surface area contributed by atoms with Crippen LogP contribution in [0.25, 0.3) is 0 Å². The zero-order valence-electron chi connectivity index (χ0n) is 13.8. The predicted octanol–water partition coefficient (Wildman–Crippen LogP) is 4.62. The van der Waals surface area contributed by atoms with Crippen LogP contribution in [0.4, 0.5) is 14.5 Å². The molecule has 0 fully saturated rings. The van der Waals surface area contributed by atoms with E-state index in [0.717, 1.165) is 5.56 Å². The highest BCUT2D eigenvalue weighted by Gasteiger charge is 2.18. The normalized spacial score (nSPS) is 13.4. The highest BCUT2D eigenvalue weighted by atomic mass is 35.5. The average Bonchev–Trinajstić information content (AvgIpc) is 2.56. The zero-order valence-corrected chi connectivity index (χ0v) is 14.6. The van der Waals surface area contributed by atoms with Gasteiger partial charge < -0.3 is 10.1 Å². The molecule has 0 aliphatic carbocycles. The van der Waals surface area contributed by atoms with Gasteiger partial charge in [-0.05, 0) is 43.7 Å². The van der Waals surface area contributed by atoms with Crippen molar-refractivity contribution in [3.63, 3.8) is 0 Å². The van der Waals surface area contributed by atoms with E-state index in [9.17, 15) is 13.6 Å². The van der Waals surface area contributed by atoms with Crippen molar-refractivity contribution in [2.45, 2.75) is 32.5 Å². The molecule has 0 radical (unpaired) electrons. The van der Waals surface area contributed by atoms with E-state index in [-0.39, 0.29) is 23.4 Å². The fraction of sp³-hybridized carbons (Fsp3) is 0.278. The maximum absolute atomic E-state index is 12.4. The molecule has 0 heterocycles. The Morgan fingerprint density at radius 1 is 1.12 bits per heavy atom. The van der Waals surface area contributed by atoms with Crippen molar-refractivity contribution in [3.05, 3.63) is 59.1 Å². The van der Waals surface area contributed by atoms with E-state index in [0.29, 0.717) is 5.02 Å². The second kappa shape index (κ2) is 8.78. The summed E-state index contributed by atoms with van der Waals surface area (Å²) in [5.41, 5.74) is 1.13. The molecule has 2 aromatic carbocycles. The van der Waals surface area contributed by atoms with Gasteiger partial charge in [-0.3, -0.25) is 10.1 Å². The topological polar surface area (TPSA) is 50.4 Å². The van der Waals surface area contributed by atoms with Crippen LogP contribution in [0.2, 0.25) is 5.02 Å². The van der Waals surface area contributed by atoms with Crippen molar-refractivity contribution in [3.8, 4) is 5.75 Å². The first-order valence-electron chi connectivity index (χ1n) is 7.73. The summed E-state index contributed by atoms with van der Waals surface area (Å²) in [6.07, 6.45) is 0. The van der Waals surface area contributed by atoms with Gasteiger partial charge in [0, 0.05) is 11.1 Å². The number of amides is 1. The lowest BCUT2D eigenvalue weighted by Crippen LogP contribution is -2.39. The summed E-state index contributed by atoms with van der Waals surface area (Å²) < 4.78 is 29.3. The lowest BCUT2D eigenvalue weighted by molar-refractivity contribution is -0.118. The molecular formula is C18H19ClF2N2O2. The summed E-state index contributed by atoms with van der Waals surface area (Å²) in [7, 11) is 0. The van der Waals surface area contributed by atoms with Gasteiger partial charge in [-0.2, -0.15) is 8.78 Å². The molecule has 2 aromatic rings. The molecule has 2 atom stereocenters. The van der Waals surface area contributed by atoms with Crippen molar-refractivity contribution in [1.29, 1.82) is 0 Å². The number of alkyl halides is 2. The lowest BCUT2D eigenvalue weighted by Gasteiger charge is -2.21. The van der Waals surface area contributed by atoms with Crippen LogP contribution < -0.4 is 15.4 Å². The molecule has 7 heteroatoms. The molecule has 0 saturated heterocycles. The van der Waals surface area contributed by atoms with Gasteiger partial charge in [0.15, 0.2) is 0 Å². The van der Waals surface area contributed by atoms with Crippen LogP contribution in [-0.2, 0) is 4.79 Å². The summed E-state index contributed by atoms with van der Waals surface area (Å²) in [6, 6.07) is 12.7. The largest absolute Gasteiger partial charge is 0.433 e. The van der Waals surface area contributed by atoms with E-state index in [2.05, 4.69) is 15.4 Å². The Morgan fingerprint density at radius 2 is 1.84 bits per heavy atom. The first-order valence-corrected chi connectivity index (χ1v) is 8.11. The van der Waals surface area contributed by atoms with Crippen LogP contribution in [0.15, 0.2) is 48.5 Å². The SMILES string of the molecule is CC(NC(C)c1cccc(Cl)c1)C(=O)Nc1ccccc1OC(F)F. The molecule has 134 valence electrons. The van der Waals surface area contributed by atoms with Gasteiger partial charge in [-0.25, -0.2) is 0 Å². The minimum Gasteiger partial charge on any atom is -0.433 e. The summed E-state index contributed by atoms with van der Waals surface area (Å²) in [5.74, 6) is -0.444. The van der Waals surface area contributed by atoms with Crippen molar-refractivity contribution in [2.75, 3.05) is 5.32 Å². The van der Waals surface area contributed by atoms with E-state index < -0.39 is 12.7 Å². The molecule has 0 saturated carbocycles. The van der Waals surface area contributed by atoms with E-state index in [1.807, 2.05) is 25.1 Å². The molecule has 4 nitrogen and oxygen atoms in total. The molecule has 2 N–H and O–H groups in total. The monoisotopic (exact) mass is 368 g/mol. The number of benzene rings is 2. The Bertz CT molecular complexity index is 728. The number of ether oxygens (including phenoxy) is 1. The zero-order chi connectivity index (χ0) is 18.4. The summed E-state index contributed by atoms with van der Waals surface area (Å²) >= 11 is 5.97. The highest BCUT2D eigenvalue weighted by Crippen LogP contribution is 2.25. The highest BCUT2D eigenvalue weighted by molar-refractivity contribution is 6.30. The third kappa shape index (κ3) is 5.69. The molecule has 2 unspecified atom stereocenters. The van der Waals surface area contributed by atoms with Crippen LogP contribution in [0.1, 0.15) is 25.5 Å². The lowest BCUT2D eigenvalue weighted by atomic mass is 10.1. The van der Waals surface area contributed by atoms with Crippen molar-refractivity contribution in [2.24, 2.45) is 0 Å². The van der Waals surface area contributed by atoms with Crippen LogP contribution >= 0.6 is 11.6 Å². The van der Waals surface area contributed by atoms with Gasteiger partial charge in [0.25, 0.3) is 0 Å². The number of hydrogen-bond acceptors (Lipinski definition) is 3. The Hall–Kier alpha value is -2.18. The first-order chi connectivity index (χ1) is 11.9. The quantitative estimate of drug-likeness (QED) is 0.749. The Morgan fingerprint density at radius 3 is 2.52 bits per heavy atom. The van der Waals surface area contributed by atoms with Gasteiger partial charge in [-0.1, -0.05) is 35.9 Å². The molecule has 0 spiro atoms. The van der Waals surface area contributed by atoms with E-state index in [4.69, 9.17) is 11.6 Å².